The predicted molar refractivity (Wildman–Crippen MR) is 33.4 cm³/mol. The van der Waals surface area contributed by atoms with Gasteiger partial charge in [-0.2, -0.15) is 0 Å². The van der Waals surface area contributed by atoms with Gasteiger partial charge in [-0.15, -0.1) is 0 Å². The quantitative estimate of drug-likeness (QED) is 0.452. The number of rotatable bonds is 0. The van der Waals surface area contributed by atoms with Crippen LogP contribution in [-0.2, 0) is 0 Å². The van der Waals surface area contributed by atoms with Crippen molar-refractivity contribution in [3.63, 3.8) is 0 Å². The largest absolute Gasteiger partial charge is 0.631 e. The Balaban J connectivity index is 0.000000122. The van der Waals surface area contributed by atoms with E-state index < -0.39 is 7.32 Å². The van der Waals surface area contributed by atoms with Crippen LogP contribution in [0, 0.1) is 0 Å². The Hall–Kier alpha value is 0.438. The topological polar surface area (TPSA) is 60.7 Å². The molecule has 0 spiro atoms. The van der Waals surface area contributed by atoms with Crippen molar-refractivity contribution in [2.75, 3.05) is 0 Å². The van der Waals surface area contributed by atoms with Crippen LogP contribution in [0.5, 0.6) is 0 Å². The van der Waals surface area contributed by atoms with Crippen molar-refractivity contribution < 1.29 is 15.1 Å². The summed E-state index contributed by atoms with van der Waals surface area (Å²) in [5.41, 5.74) is 0. The van der Waals surface area contributed by atoms with Crippen molar-refractivity contribution in [3.05, 3.63) is 9.86 Å². The average Bonchev–Trinajstić information content (AvgIpc) is 1.19. The first-order valence-electron chi connectivity index (χ1n) is 1.96. The Morgan fingerprint density at radius 3 is 1.38 bits per heavy atom. The normalized spacial score (nSPS) is 11.4. The van der Waals surface area contributed by atoms with E-state index in [2.05, 4.69) is 13.6 Å². The second-order valence-corrected chi connectivity index (χ2v) is 4.46. The van der Waals surface area contributed by atoms with E-state index in [0.717, 1.165) is 0 Å². The number of allylic oxidation sites excluding steroid dienone is 1. The molecule has 1 rings (SSSR count). The summed E-state index contributed by atoms with van der Waals surface area (Å²) < 4.78 is 4.61. The monoisotopic (exact) mass is 310 g/mol. The summed E-state index contributed by atoms with van der Waals surface area (Å²) in [5, 5.41) is 21.5. The van der Waals surface area contributed by atoms with E-state index in [1.807, 2.05) is 0 Å². The maximum absolute atomic E-state index is 7.17. The van der Waals surface area contributed by atoms with Crippen LogP contribution in [0.3, 0.4) is 0 Å². The van der Waals surface area contributed by atoms with Gasteiger partial charge in [0.1, 0.15) is 0 Å². The maximum atomic E-state index is 7.17. The van der Waals surface area contributed by atoms with Crippen LogP contribution < -0.4 is 0 Å². The minimum atomic E-state index is -2.17. The first-order valence-corrected chi connectivity index (χ1v) is 5.97. The van der Waals surface area contributed by atoms with Crippen molar-refractivity contribution >= 4 is 33.8 Å². The molecule has 0 aromatic carbocycles. The summed E-state index contributed by atoms with van der Waals surface area (Å²) in [6, 6.07) is 0. The van der Waals surface area contributed by atoms with Gasteiger partial charge in [-0.05, 0) is 0 Å². The molecule has 0 radical (unpaired) electrons. The fraction of sp³-hybridized carbons (Fsp3) is 0. The summed E-state index contributed by atoms with van der Waals surface area (Å²) in [6.07, 6.45) is 2.14. The van der Waals surface area contributed by atoms with Gasteiger partial charge in [0.05, 0.1) is 0 Å². The van der Waals surface area contributed by atoms with E-state index in [-0.39, 0.29) is 22.8 Å². The summed E-state index contributed by atoms with van der Waals surface area (Å²) >= 11 is 0.0309. The van der Waals surface area contributed by atoms with Crippen molar-refractivity contribution in [1.82, 2.24) is 0 Å². The van der Waals surface area contributed by atoms with Crippen LogP contribution in [-0.4, -0.2) is 48.9 Å². The fourth-order valence-corrected chi connectivity index (χ4v) is 0.755. The first kappa shape index (κ1) is 8.44. The molecule has 0 aliphatic carbocycles. The summed E-state index contributed by atoms with van der Waals surface area (Å²) in [7, 11) is -2.17. The summed E-state index contributed by atoms with van der Waals surface area (Å²) in [5.74, 6) is 0. The second-order valence-electron chi connectivity index (χ2n) is 0.986. The molecule has 5 heteroatoms. The van der Waals surface area contributed by atoms with Gasteiger partial charge in [-0.25, -0.2) is 0 Å². The molecule has 0 saturated carbocycles. The van der Waals surface area contributed by atoms with E-state index in [0.29, 0.717) is 0 Å². The molecule has 0 aromatic rings. The van der Waals surface area contributed by atoms with Crippen molar-refractivity contribution in [2.24, 2.45) is 0 Å². The van der Waals surface area contributed by atoms with Crippen LogP contribution in [0.4, 0.5) is 0 Å². The third kappa shape index (κ3) is 9.67. The average molecular weight is 310 g/mol. The van der Waals surface area contributed by atoms with Gasteiger partial charge < -0.3 is 15.1 Å². The zero-order valence-electron chi connectivity index (χ0n) is 4.10. The number of hydrogen-bond donors (Lipinski definition) is 3. The van der Waals surface area contributed by atoms with E-state index in [1.54, 1.807) is 0 Å². The first-order chi connectivity index (χ1) is 3.73. The molecule has 0 amide bonds. The van der Waals surface area contributed by atoms with Crippen molar-refractivity contribution in [1.29, 1.82) is 0 Å². The molecular weight excluding hydrogens is 304 g/mol. The van der Waals surface area contributed by atoms with Crippen LogP contribution in [0.15, 0.2) is 9.86 Å². The van der Waals surface area contributed by atoms with Gasteiger partial charge in [0.25, 0.3) is 0 Å². The molecule has 0 saturated heterocycles. The van der Waals surface area contributed by atoms with E-state index in [4.69, 9.17) is 15.1 Å². The number of hydrogen-bond acceptors (Lipinski definition) is 3. The van der Waals surface area contributed by atoms with Gasteiger partial charge in [0.15, 0.2) is 0 Å². The molecule has 1 aliphatic heterocycles. The molecule has 3 N–H and O–H groups in total. The van der Waals surface area contributed by atoms with Crippen molar-refractivity contribution in [2.45, 2.75) is 0 Å². The molecule has 0 atom stereocenters. The zero-order chi connectivity index (χ0) is 6.41. The molecule has 3 nitrogen and oxygen atoms in total. The molecular formula is C3H6BBiO3. The van der Waals surface area contributed by atoms with Gasteiger partial charge in [0.2, 0.25) is 0 Å². The molecule has 0 aromatic heterocycles. The fourth-order valence-electron chi connectivity index (χ4n) is 0.0861. The molecule has 1 heterocycles. The third-order valence-electron chi connectivity index (χ3n) is 0.344. The van der Waals surface area contributed by atoms with E-state index in [1.165, 1.54) is 0 Å². The van der Waals surface area contributed by atoms with Crippen LogP contribution in [0.2, 0.25) is 0 Å². The van der Waals surface area contributed by atoms with Crippen LogP contribution >= 0.6 is 0 Å². The van der Waals surface area contributed by atoms with E-state index >= 15 is 0 Å². The Labute approximate surface area is 58.9 Å². The van der Waals surface area contributed by atoms with Gasteiger partial charge in [-0.3, -0.25) is 0 Å². The summed E-state index contributed by atoms with van der Waals surface area (Å²) in [6.45, 7) is 0. The third-order valence-corrected chi connectivity index (χ3v) is 3.02. The Bertz CT molecular complexity index is 79.9. The second kappa shape index (κ2) is 5.57. The Kier molecular flexibility index (Phi) is 5.88. The predicted octanol–water partition coefficient (Wildman–Crippen LogP) is -2.03. The minimum absolute atomic E-state index is 0.0309. The van der Waals surface area contributed by atoms with Gasteiger partial charge >= 0.3 is 43.6 Å². The van der Waals surface area contributed by atoms with Gasteiger partial charge in [-0.1, -0.05) is 0 Å². The molecule has 0 bridgehead atoms. The Morgan fingerprint density at radius 2 is 1.38 bits per heavy atom. The molecule has 1 aliphatic rings. The van der Waals surface area contributed by atoms with E-state index in [9.17, 15) is 0 Å². The summed E-state index contributed by atoms with van der Waals surface area (Å²) in [4.78, 5) is 0. The maximum Gasteiger partial charge on any atom is 0.631 e. The smallest absolute Gasteiger partial charge is 0.402 e. The minimum Gasteiger partial charge on any atom is -0.402 e. The molecule has 8 heavy (non-hydrogen) atoms. The molecule has 44 valence electrons. The SMILES string of the molecule is C1=[CH][Bi]=[CH]1.OB(O)O. The molecule has 0 unspecified atom stereocenters. The molecule has 0 fully saturated rings. The van der Waals surface area contributed by atoms with Gasteiger partial charge in [0, 0.05) is 0 Å². The van der Waals surface area contributed by atoms with Crippen molar-refractivity contribution in [3.8, 4) is 0 Å². The van der Waals surface area contributed by atoms with Crippen LogP contribution in [0.25, 0.3) is 0 Å². The van der Waals surface area contributed by atoms with Crippen LogP contribution in [0.1, 0.15) is 0 Å². The zero-order valence-corrected chi connectivity index (χ0v) is 7.58. The standard InChI is InChI=1S/C3H3.BH3O3.Bi/c1-3-2;2-1(3)4;/h1-3H;2-4H;. The Morgan fingerprint density at radius 1 is 1.25 bits per heavy atom.